The summed E-state index contributed by atoms with van der Waals surface area (Å²) >= 11 is 0. The molecule has 1 saturated heterocycles. The number of hydrogen-bond donors (Lipinski definition) is 1. The molecule has 0 aromatic carbocycles. The van der Waals surface area contributed by atoms with Gasteiger partial charge in [0.2, 0.25) is 5.91 Å². The largest absolute Gasteiger partial charge is 0.383 e. The van der Waals surface area contributed by atoms with E-state index in [1.54, 1.807) is 7.11 Å². The van der Waals surface area contributed by atoms with Crippen LogP contribution >= 0.6 is 0 Å². The van der Waals surface area contributed by atoms with Crippen LogP contribution in [0.25, 0.3) is 0 Å². The standard InChI is InChI=1S/C14H28N2O2/c1-6-7-8-12-14(17)16(11(4)15-12)13(9-18-5)10(2)3/h10-13,15H,6-9H2,1-5H3. The molecule has 0 bridgehead atoms. The second-order valence-corrected chi connectivity index (χ2v) is 5.55. The van der Waals surface area contributed by atoms with Crippen LogP contribution in [0.4, 0.5) is 0 Å². The Morgan fingerprint density at radius 3 is 2.61 bits per heavy atom. The van der Waals surface area contributed by atoms with Crippen LogP contribution in [0.3, 0.4) is 0 Å². The molecule has 4 heteroatoms. The Kier molecular flexibility index (Phi) is 6.09. The molecule has 4 nitrogen and oxygen atoms in total. The third kappa shape index (κ3) is 3.45. The van der Waals surface area contributed by atoms with Crippen molar-refractivity contribution in [1.82, 2.24) is 10.2 Å². The number of rotatable bonds is 7. The van der Waals surface area contributed by atoms with Gasteiger partial charge in [-0.1, -0.05) is 33.6 Å². The van der Waals surface area contributed by atoms with E-state index in [0.717, 1.165) is 19.3 Å². The lowest BCUT2D eigenvalue weighted by atomic mass is 10.0. The van der Waals surface area contributed by atoms with Gasteiger partial charge in [0.05, 0.1) is 24.9 Å². The van der Waals surface area contributed by atoms with Crippen LogP contribution in [-0.2, 0) is 9.53 Å². The molecule has 3 unspecified atom stereocenters. The summed E-state index contributed by atoms with van der Waals surface area (Å²) in [6.07, 6.45) is 3.28. The van der Waals surface area contributed by atoms with Crippen molar-refractivity contribution in [1.29, 1.82) is 0 Å². The van der Waals surface area contributed by atoms with Crippen molar-refractivity contribution in [3.63, 3.8) is 0 Å². The lowest BCUT2D eigenvalue weighted by Crippen LogP contribution is -2.48. The number of ether oxygens (including phenoxy) is 1. The third-order valence-electron chi connectivity index (χ3n) is 3.72. The van der Waals surface area contributed by atoms with E-state index in [4.69, 9.17) is 4.74 Å². The minimum atomic E-state index is -0.00180. The third-order valence-corrected chi connectivity index (χ3v) is 3.72. The summed E-state index contributed by atoms with van der Waals surface area (Å²) in [5.41, 5.74) is 0. The molecule has 1 rings (SSSR count). The van der Waals surface area contributed by atoms with Gasteiger partial charge in [0.25, 0.3) is 0 Å². The summed E-state index contributed by atoms with van der Waals surface area (Å²) in [6.45, 7) is 9.11. The SMILES string of the molecule is CCCCC1NC(C)N(C(COC)C(C)C)C1=O. The van der Waals surface area contributed by atoms with Crippen LogP contribution in [0.15, 0.2) is 0 Å². The highest BCUT2D eigenvalue weighted by atomic mass is 16.5. The number of carbonyl (C=O) groups excluding carboxylic acids is 1. The van der Waals surface area contributed by atoms with E-state index in [-0.39, 0.29) is 24.2 Å². The van der Waals surface area contributed by atoms with Crippen LogP contribution in [0, 0.1) is 5.92 Å². The first-order valence-electron chi connectivity index (χ1n) is 7.10. The molecular formula is C14H28N2O2. The van der Waals surface area contributed by atoms with Gasteiger partial charge < -0.3 is 9.64 Å². The summed E-state index contributed by atoms with van der Waals surface area (Å²) in [5, 5.41) is 3.40. The number of amides is 1. The number of hydrogen-bond acceptors (Lipinski definition) is 3. The molecule has 106 valence electrons. The van der Waals surface area contributed by atoms with Crippen molar-refractivity contribution >= 4 is 5.91 Å². The van der Waals surface area contributed by atoms with Crippen molar-refractivity contribution in [2.75, 3.05) is 13.7 Å². The molecule has 0 spiro atoms. The lowest BCUT2D eigenvalue weighted by molar-refractivity contribution is -0.134. The van der Waals surface area contributed by atoms with Crippen molar-refractivity contribution in [2.45, 2.75) is 65.2 Å². The Labute approximate surface area is 111 Å². The molecule has 0 aromatic rings. The van der Waals surface area contributed by atoms with Crippen LogP contribution in [0.1, 0.15) is 47.0 Å². The topological polar surface area (TPSA) is 41.6 Å². The van der Waals surface area contributed by atoms with Gasteiger partial charge in [0.1, 0.15) is 0 Å². The monoisotopic (exact) mass is 256 g/mol. The summed E-state index contributed by atoms with van der Waals surface area (Å²) in [6, 6.07) is 0.162. The number of nitrogens with zero attached hydrogens (tertiary/aromatic N) is 1. The van der Waals surface area contributed by atoms with E-state index in [9.17, 15) is 4.79 Å². The molecule has 1 aliphatic heterocycles. The van der Waals surface area contributed by atoms with Crippen molar-refractivity contribution in [3.05, 3.63) is 0 Å². The minimum Gasteiger partial charge on any atom is -0.383 e. The van der Waals surface area contributed by atoms with Crippen LogP contribution in [-0.4, -0.2) is 42.8 Å². The smallest absolute Gasteiger partial charge is 0.241 e. The normalized spacial score (nSPS) is 26.1. The van der Waals surface area contributed by atoms with Gasteiger partial charge in [-0.2, -0.15) is 0 Å². The van der Waals surface area contributed by atoms with Crippen molar-refractivity contribution in [3.8, 4) is 0 Å². The van der Waals surface area contributed by atoms with Gasteiger partial charge in [0, 0.05) is 7.11 Å². The Balaban J connectivity index is 2.72. The Morgan fingerprint density at radius 1 is 1.44 bits per heavy atom. The Morgan fingerprint density at radius 2 is 2.11 bits per heavy atom. The zero-order chi connectivity index (χ0) is 13.7. The lowest BCUT2D eigenvalue weighted by Gasteiger charge is -2.33. The fraction of sp³-hybridized carbons (Fsp3) is 0.929. The molecule has 0 aromatic heterocycles. The van der Waals surface area contributed by atoms with Gasteiger partial charge in [-0.3, -0.25) is 10.1 Å². The summed E-state index contributed by atoms with van der Waals surface area (Å²) in [4.78, 5) is 14.4. The van der Waals surface area contributed by atoms with Crippen LogP contribution < -0.4 is 5.32 Å². The summed E-state index contributed by atoms with van der Waals surface area (Å²) < 4.78 is 5.27. The molecule has 18 heavy (non-hydrogen) atoms. The highest BCUT2D eigenvalue weighted by Gasteiger charge is 2.40. The van der Waals surface area contributed by atoms with E-state index in [2.05, 4.69) is 33.0 Å². The molecule has 1 N–H and O–H groups in total. The first-order valence-corrected chi connectivity index (χ1v) is 7.10. The predicted octanol–water partition coefficient (Wildman–Crippen LogP) is 1.99. The first-order chi connectivity index (χ1) is 8.52. The van der Waals surface area contributed by atoms with Gasteiger partial charge in [-0.15, -0.1) is 0 Å². The second kappa shape index (κ2) is 7.10. The quantitative estimate of drug-likeness (QED) is 0.757. The Hall–Kier alpha value is -0.610. The average molecular weight is 256 g/mol. The molecule has 0 aliphatic carbocycles. The van der Waals surface area contributed by atoms with Crippen molar-refractivity contribution in [2.24, 2.45) is 5.92 Å². The van der Waals surface area contributed by atoms with E-state index in [1.807, 2.05) is 4.90 Å². The molecule has 3 atom stereocenters. The molecule has 1 fully saturated rings. The number of carbonyl (C=O) groups is 1. The molecule has 0 saturated carbocycles. The second-order valence-electron chi connectivity index (χ2n) is 5.55. The zero-order valence-electron chi connectivity index (χ0n) is 12.4. The minimum absolute atomic E-state index is 0.00180. The predicted molar refractivity (Wildman–Crippen MR) is 73.3 cm³/mol. The fourth-order valence-corrected chi connectivity index (χ4v) is 2.64. The van der Waals surface area contributed by atoms with Gasteiger partial charge in [-0.05, 0) is 19.3 Å². The summed E-state index contributed by atoms with van der Waals surface area (Å²) in [7, 11) is 1.70. The molecular weight excluding hydrogens is 228 g/mol. The number of methoxy groups -OCH3 is 1. The maximum atomic E-state index is 12.5. The molecule has 1 aliphatic rings. The highest BCUT2D eigenvalue weighted by molar-refractivity contribution is 5.84. The van der Waals surface area contributed by atoms with E-state index in [1.165, 1.54) is 0 Å². The molecule has 1 heterocycles. The average Bonchev–Trinajstić information content (AvgIpc) is 2.59. The summed E-state index contributed by atoms with van der Waals surface area (Å²) in [5.74, 6) is 0.648. The maximum Gasteiger partial charge on any atom is 0.241 e. The van der Waals surface area contributed by atoms with Crippen molar-refractivity contribution < 1.29 is 9.53 Å². The van der Waals surface area contributed by atoms with E-state index in [0.29, 0.717) is 12.5 Å². The van der Waals surface area contributed by atoms with Crippen LogP contribution in [0.5, 0.6) is 0 Å². The number of unbranched alkanes of at least 4 members (excludes halogenated alkanes) is 1. The Bertz CT molecular complexity index is 269. The van der Waals surface area contributed by atoms with E-state index >= 15 is 0 Å². The zero-order valence-corrected chi connectivity index (χ0v) is 12.4. The molecule has 1 amide bonds. The van der Waals surface area contributed by atoms with Gasteiger partial charge >= 0.3 is 0 Å². The number of nitrogens with one attached hydrogen (secondary N) is 1. The highest BCUT2D eigenvalue weighted by Crippen LogP contribution is 2.22. The molecule has 0 radical (unpaired) electrons. The van der Waals surface area contributed by atoms with Gasteiger partial charge in [0.15, 0.2) is 0 Å². The van der Waals surface area contributed by atoms with Gasteiger partial charge in [-0.25, -0.2) is 0 Å². The maximum absolute atomic E-state index is 12.5. The van der Waals surface area contributed by atoms with Crippen LogP contribution in [0.2, 0.25) is 0 Å². The van der Waals surface area contributed by atoms with E-state index < -0.39 is 0 Å². The first kappa shape index (κ1) is 15.4. The fourth-order valence-electron chi connectivity index (χ4n) is 2.64.